The molecule has 0 spiro atoms. The maximum absolute atomic E-state index is 12.0. The number of rotatable bonds is 4. The van der Waals surface area contributed by atoms with Crippen LogP contribution in [0.15, 0.2) is 47.8 Å². The average Bonchev–Trinajstić information content (AvgIpc) is 2.95. The molecule has 1 aromatic heterocycles. The number of halogens is 2. The summed E-state index contributed by atoms with van der Waals surface area (Å²) in [6.07, 6.45) is 2.87. The van der Waals surface area contributed by atoms with Gasteiger partial charge < -0.3 is 9.67 Å². The van der Waals surface area contributed by atoms with E-state index in [0.29, 0.717) is 10.6 Å². The van der Waals surface area contributed by atoms with Gasteiger partial charge in [0.25, 0.3) is 5.91 Å². The number of para-hydroxylation sites is 2. The van der Waals surface area contributed by atoms with Gasteiger partial charge in [-0.2, -0.15) is 5.10 Å². The quantitative estimate of drug-likeness (QED) is 0.552. The normalized spacial score (nSPS) is 11.2. The molecule has 0 saturated carbocycles. The molecular weight excluding hydrogens is 351 g/mol. The van der Waals surface area contributed by atoms with Crippen LogP contribution < -0.4 is 5.43 Å². The lowest BCUT2D eigenvalue weighted by Gasteiger charge is -2.04. The minimum Gasteiger partial charge on any atom is -0.506 e. The van der Waals surface area contributed by atoms with Gasteiger partial charge in [-0.3, -0.25) is 4.79 Å². The van der Waals surface area contributed by atoms with E-state index < -0.39 is 0 Å². The Labute approximate surface area is 147 Å². The molecule has 0 unspecified atom stereocenters. The van der Waals surface area contributed by atoms with Gasteiger partial charge >= 0.3 is 0 Å². The molecule has 3 aromatic rings. The first kappa shape index (κ1) is 16.3. The molecule has 0 aliphatic carbocycles. The van der Waals surface area contributed by atoms with Crippen molar-refractivity contribution in [2.75, 3.05) is 0 Å². The van der Waals surface area contributed by atoms with Gasteiger partial charge in [0.2, 0.25) is 0 Å². The van der Waals surface area contributed by atoms with Gasteiger partial charge in [0.1, 0.15) is 12.3 Å². The van der Waals surface area contributed by atoms with E-state index >= 15 is 0 Å². The Morgan fingerprint density at radius 1 is 1.33 bits per heavy atom. The van der Waals surface area contributed by atoms with Gasteiger partial charge in [0.15, 0.2) is 0 Å². The van der Waals surface area contributed by atoms with Gasteiger partial charge in [-0.1, -0.05) is 35.3 Å². The third-order valence-electron chi connectivity index (χ3n) is 3.29. The highest BCUT2D eigenvalue weighted by atomic mass is 35.5. The van der Waals surface area contributed by atoms with E-state index in [9.17, 15) is 9.90 Å². The third-order valence-corrected chi connectivity index (χ3v) is 3.80. The number of nitrogens with one attached hydrogen (secondary N) is 1. The molecular formula is C16H12Cl2N4O2. The second kappa shape index (κ2) is 6.90. The molecule has 0 radical (unpaired) electrons. The predicted octanol–water partition coefficient (Wildman–Crippen LogP) is 3.20. The van der Waals surface area contributed by atoms with Crippen molar-refractivity contribution in [3.8, 4) is 5.75 Å². The predicted molar refractivity (Wildman–Crippen MR) is 93.6 cm³/mol. The summed E-state index contributed by atoms with van der Waals surface area (Å²) in [5.74, 6) is -0.485. The second-order valence-electron chi connectivity index (χ2n) is 4.98. The number of hydrazone groups is 1. The molecule has 8 heteroatoms. The highest BCUT2D eigenvalue weighted by Gasteiger charge is 2.08. The molecule has 0 fully saturated rings. The molecule has 0 aliphatic heterocycles. The Kier molecular flexibility index (Phi) is 4.69. The molecule has 1 amide bonds. The Morgan fingerprint density at radius 2 is 2.12 bits per heavy atom. The van der Waals surface area contributed by atoms with Crippen LogP contribution in [0, 0.1) is 0 Å². The maximum atomic E-state index is 12.0. The molecule has 122 valence electrons. The molecule has 0 bridgehead atoms. The fourth-order valence-electron chi connectivity index (χ4n) is 2.18. The van der Waals surface area contributed by atoms with Gasteiger partial charge in [-0.25, -0.2) is 10.4 Å². The molecule has 0 saturated heterocycles. The minimum absolute atomic E-state index is 0.0696. The van der Waals surface area contributed by atoms with E-state index in [1.807, 2.05) is 24.3 Å². The van der Waals surface area contributed by atoms with Gasteiger partial charge in [0, 0.05) is 10.6 Å². The minimum atomic E-state index is -0.331. The van der Waals surface area contributed by atoms with Crippen LogP contribution in [-0.4, -0.2) is 26.8 Å². The summed E-state index contributed by atoms with van der Waals surface area (Å²) in [5.41, 5.74) is 4.36. The van der Waals surface area contributed by atoms with E-state index in [-0.39, 0.29) is 23.2 Å². The number of aromatic nitrogens is 2. The Hall–Kier alpha value is -2.57. The van der Waals surface area contributed by atoms with Crippen LogP contribution in [0.5, 0.6) is 5.75 Å². The fourth-order valence-corrected chi connectivity index (χ4v) is 2.69. The molecule has 3 rings (SSSR count). The standard InChI is InChI=1S/C16H12Cl2N4O2/c17-11-5-10(16(24)12(18)6-11)7-20-21-15(23)8-22-9-19-13-3-1-2-4-14(13)22/h1-7,9,24H,8H2,(H,21,23)/b20-7-. The molecule has 0 atom stereocenters. The summed E-state index contributed by atoms with van der Waals surface area (Å²) >= 11 is 11.7. The molecule has 0 aliphatic rings. The number of nitrogens with zero attached hydrogens (tertiary/aromatic N) is 3. The van der Waals surface area contributed by atoms with Crippen LogP contribution >= 0.6 is 23.2 Å². The number of phenols is 1. The lowest BCUT2D eigenvalue weighted by atomic mass is 10.2. The summed E-state index contributed by atoms with van der Waals surface area (Å²) in [6.45, 7) is 0.0696. The van der Waals surface area contributed by atoms with Gasteiger partial charge in [-0.05, 0) is 24.3 Å². The van der Waals surface area contributed by atoms with Crippen molar-refractivity contribution in [2.45, 2.75) is 6.54 Å². The first-order valence-electron chi connectivity index (χ1n) is 6.94. The van der Waals surface area contributed by atoms with Crippen LogP contribution in [-0.2, 0) is 11.3 Å². The van der Waals surface area contributed by atoms with Crippen molar-refractivity contribution in [3.05, 3.63) is 58.3 Å². The van der Waals surface area contributed by atoms with E-state index in [0.717, 1.165) is 11.0 Å². The summed E-state index contributed by atoms with van der Waals surface area (Å²) in [7, 11) is 0. The zero-order valence-electron chi connectivity index (χ0n) is 12.3. The van der Waals surface area contributed by atoms with Crippen molar-refractivity contribution < 1.29 is 9.90 Å². The largest absolute Gasteiger partial charge is 0.506 e. The molecule has 2 N–H and O–H groups in total. The number of imidazole rings is 1. The zero-order chi connectivity index (χ0) is 17.1. The average molecular weight is 363 g/mol. The van der Waals surface area contributed by atoms with E-state index in [1.54, 1.807) is 10.9 Å². The number of amides is 1. The Morgan fingerprint density at radius 3 is 2.96 bits per heavy atom. The van der Waals surface area contributed by atoms with Crippen LogP contribution in [0.1, 0.15) is 5.56 Å². The van der Waals surface area contributed by atoms with E-state index in [1.165, 1.54) is 18.3 Å². The Bertz CT molecular complexity index is 937. The number of hydrogen-bond donors (Lipinski definition) is 2. The monoisotopic (exact) mass is 362 g/mol. The lowest BCUT2D eigenvalue weighted by molar-refractivity contribution is -0.121. The second-order valence-corrected chi connectivity index (χ2v) is 5.82. The number of hydrogen-bond acceptors (Lipinski definition) is 4. The highest BCUT2D eigenvalue weighted by molar-refractivity contribution is 6.36. The van der Waals surface area contributed by atoms with Crippen molar-refractivity contribution >= 4 is 46.4 Å². The smallest absolute Gasteiger partial charge is 0.260 e. The van der Waals surface area contributed by atoms with Crippen molar-refractivity contribution in [3.63, 3.8) is 0 Å². The topological polar surface area (TPSA) is 79.5 Å². The molecule has 6 nitrogen and oxygen atoms in total. The molecule has 1 heterocycles. The molecule has 2 aromatic carbocycles. The van der Waals surface area contributed by atoms with Crippen LogP contribution in [0.25, 0.3) is 11.0 Å². The van der Waals surface area contributed by atoms with Crippen LogP contribution in [0.3, 0.4) is 0 Å². The summed E-state index contributed by atoms with van der Waals surface area (Å²) < 4.78 is 1.72. The number of phenolic OH excluding ortho intramolecular Hbond substituents is 1. The third kappa shape index (κ3) is 3.50. The van der Waals surface area contributed by atoms with Crippen LogP contribution in [0.2, 0.25) is 10.0 Å². The molecule has 24 heavy (non-hydrogen) atoms. The van der Waals surface area contributed by atoms with Crippen LogP contribution in [0.4, 0.5) is 0 Å². The number of fused-ring (bicyclic) bond motifs is 1. The Balaban J connectivity index is 1.68. The maximum Gasteiger partial charge on any atom is 0.260 e. The summed E-state index contributed by atoms with van der Waals surface area (Å²) in [4.78, 5) is 16.2. The number of carbonyl (C=O) groups excluding carboxylic acids is 1. The van der Waals surface area contributed by atoms with Gasteiger partial charge in [0.05, 0.1) is 28.6 Å². The van der Waals surface area contributed by atoms with Crippen molar-refractivity contribution in [2.24, 2.45) is 5.10 Å². The summed E-state index contributed by atoms with van der Waals surface area (Å²) in [5, 5.41) is 14.1. The van der Waals surface area contributed by atoms with E-state index in [2.05, 4.69) is 15.5 Å². The zero-order valence-corrected chi connectivity index (χ0v) is 13.8. The summed E-state index contributed by atoms with van der Waals surface area (Å²) in [6, 6.07) is 10.4. The fraction of sp³-hybridized carbons (Fsp3) is 0.0625. The first-order chi connectivity index (χ1) is 11.5. The van der Waals surface area contributed by atoms with E-state index in [4.69, 9.17) is 23.2 Å². The van der Waals surface area contributed by atoms with Crippen molar-refractivity contribution in [1.29, 1.82) is 0 Å². The lowest BCUT2D eigenvalue weighted by Crippen LogP contribution is -2.22. The number of benzene rings is 2. The number of aromatic hydroxyl groups is 1. The number of carbonyl (C=O) groups is 1. The van der Waals surface area contributed by atoms with Gasteiger partial charge in [-0.15, -0.1) is 0 Å². The first-order valence-corrected chi connectivity index (χ1v) is 7.70. The highest BCUT2D eigenvalue weighted by Crippen LogP contribution is 2.29. The van der Waals surface area contributed by atoms with Crippen molar-refractivity contribution in [1.82, 2.24) is 15.0 Å². The SMILES string of the molecule is O=C(Cn1cnc2ccccc21)N/N=C\c1cc(Cl)cc(Cl)c1O.